The minimum absolute atomic E-state index is 0.0157. The van der Waals surface area contributed by atoms with E-state index in [4.69, 9.17) is 51.1 Å². The quantitative estimate of drug-likeness (QED) is 0.0824. The van der Waals surface area contributed by atoms with Gasteiger partial charge in [0.25, 0.3) is 0 Å². The minimum Gasteiger partial charge on any atom is -0.508 e. The summed E-state index contributed by atoms with van der Waals surface area (Å²) in [7, 11) is 0. The topological polar surface area (TPSA) is 151 Å². The van der Waals surface area contributed by atoms with Crippen LogP contribution in [-0.2, 0) is 25.7 Å². The van der Waals surface area contributed by atoms with Gasteiger partial charge in [0.05, 0.1) is 10.0 Å². The minimum atomic E-state index is -0.396. The lowest BCUT2D eigenvalue weighted by atomic mass is 10.1. The summed E-state index contributed by atoms with van der Waals surface area (Å²) in [5.74, 6) is -1.63. The fourth-order valence-electron chi connectivity index (χ4n) is 4.29. The number of phenolic OH excluding ortho intramolecular Hbond substituents is 7. The molecule has 7 N–H and O–H groups in total. The molecule has 0 fully saturated rings. The van der Waals surface area contributed by atoms with Gasteiger partial charge in [-0.25, -0.2) is 0 Å². The van der Waals surface area contributed by atoms with Crippen LogP contribution in [0.1, 0.15) is 22.3 Å². The third kappa shape index (κ3) is 8.51. The Morgan fingerprint density at radius 1 is 0.545 bits per heavy atom. The zero-order chi connectivity index (χ0) is 32.1. The number of hydrogen-bond donors (Lipinski definition) is 7. The van der Waals surface area contributed by atoms with Crippen LogP contribution in [0.5, 0.6) is 51.7 Å². The van der Waals surface area contributed by atoms with Crippen molar-refractivity contribution in [1.29, 1.82) is 0 Å². The third-order valence-electron chi connectivity index (χ3n) is 6.40. The van der Waals surface area contributed by atoms with E-state index in [-0.39, 0.29) is 76.0 Å². The van der Waals surface area contributed by atoms with E-state index in [2.05, 4.69) is 0 Å². The molecule has 4 rings (SSSR count). The summed E-state index contributed by atoms with van der Waals surface area (Å²) in [6, 6.07) is 12.1. The summed E-state index contributed by atoms with van der Waals surface area (Å²) < 4.78 is 5.73. The Bertz CT molecular complexity index is 1720. The second-order valence-electron chi connectivity index (χ2n) is 9.83. The lowest BCUT2D eigenvalue weighted by molar-refractivity contribution is 0.375. The summed E-state index contributed by atoms with van der Waals surface area (Å²) in [4.78, 5) is 0. The van der Waals surface area contributed by atoms with Crippen molar-refractivity contribution in [3.8, 4) is 51.7 Å². The zero-order valence-electron chi connectivity index (χ0n) is 22.7. The molecular weight excluding hydrogens is 654 g/mol. The molecule has 230 valence electrons. The van der Waals surface area contributed by atoms with E-state index in [1.165, 1.54) is 54.6 Å². The van der Waals surface area contributed by atoms with Gasteiger partial charge in [-0.1, -0.05) is 58.6 Å². The Kier molecular flexibility index (Phi) is 10.5. The van der Waals surface area contributed by atoms with Crippen LogP contribution in [0, 0.1) is 0 Å². The van der Waals surface area contributed by atoms with Gasteiger partial charge in [0.1, 0.15) is 34.5 Å². The van der Waals surface area contributed by atoms with Crippen LogP contribution in [0.3, 0.4) is 0 Å². The van der Waals surface area contributed by atoms with Crippen molar-refractivity contribution in [3.05, 3.63) is 109 Å². The fourth-order valence-corrected chi connectivity index (χ4v) is 5.11. The maximum Gasteiger partial charge on any atom is 0.210 e. The SMILES string of the molecule is Oc1cc(O)cc(C/C(Cl)=C\Cc2cc(Oc3c(O)cc(C/C(Cl)=C\Cc4cc(O)c(Cl)cc4O)cc3O)c(Cl)cc2O)c1. The van der Waals surface area contributed by atoms with Crippen LogP contribution >= 0.6 is 46.4 Å². The highest BCUT2D eigenvalue weighted by molar-refractivity contribution is 6.32. The van der Waals surface area contributed by atoms with E-state index in [0.29, 0.717) is 32.3 Å². The molecule has 0 saturated carbocycles. The molecule has 8 nitrogen and oxygen atoms in total. The molecule has 0 atom stereocenters. The van der Waals surface area contributed by atoms with Gasteiger partial charge in [-0.15, -0.1) is 0 Å². The number of rotatable bonds is 10. The van der Waals surface area contributed by atoms with Crippen molar-refractivity contribution < 1.29 is 40.5 Å². The molecule has 4 aromatic carbocycles. The average molecular weight is 680 g/mol. The lowest BCUT2D eigenvalue weighted by Gasteiger charge is -2.14. The van der Waals surface area contributed by atoms with Crippen molar-refractivity contribution >= 4 is 46.4 Å². The molecule has 0 saturated heterocycles. The normalized spacial score (nSPS) is 12.0. The molecule has 0 aliphatic rings. The number of aromatic hydroxyl groups is 7. The van der Waals surface area contributed by atoms with Crippen LogP contribution in [0.25, 0.3) is 0 Å². The first-order valence-electron chi connectivity index (χ1n) is 12.9. The van der Waals surface area contributed by atoms with E-state index in [1.54, 1.807) is 12.2 Å². The van der Waals surface area contributed by atoms with Gasteiger partial charge in [0.15, 0.2) is 11.5 Å². The maximum atomic E-state index is 10.6. The van der Waals surface area contributed by atoms with Crippen molar-refractivity contribution in [2.75, 3.05) is 0 Å². The highest BCUT2D eigenvalue weighted by Crippen LogP contribution is 2.44. The molecule has 0 heterocycles. The molecule has 0 bridgehead atoms. The lowest BCUT2D eigenvalue weighted by Crippen LogP contribution is -1.93. The van der Waals surface area contributed by atoms with Crippen molar-refractivity contribution in [2.24, 2.45) is 0 Å². The Labute approximate surface area is 272 Å². The molecule has 12 heteroatoms. The second kappa shape index (κ2) is 14.1. The Hall–Kier alpha value is -4.08. The van der Waals surface area contributed by atoms with Crippen LogP contribution in [0.4, 0.5) is 0 Å². The maximum absolute atomic E-state index is 10.6. The molecule has 0 unspecified atom stereocenters. The Morgan fingerprint density at radius 3 is 1.57 bits per heavy atom. The molecule has 44 heavy (non-hydrogen) atoms. The number of halogens is 4. The summed E-state index contributed by atoms with van der Waals surface area (Å²) in [6.45, 7) is 0. The first kappa shape index (κ1) is 32.8. The number of allylic oxidation sites excluding steroid dienone is 4. The molecule has 0 aliphatic heterocycles. The molecule has 4 aromatic rings. The van der Waals surface area contributed by atoms with Crippen molar-refractivity contribution in [2.45, 2.75) is 25.7 Å². The standard InChI is InChI=1S/C32H26Cl4O8/c33-20(5-16-7-22(37)13-23(38)8-16)4-2-19-12-31(25(36)15-27(19)40)44-32-29(42)9-17(10-30(32)43)6-21(34)3-1-18-11-28(41)24(35)14-26(18)39/h3-4,7-15,37-43H,1-2,5-6H2/b20-4+,21-3+. The van der Waals surface area contributed by atoms with Gasteiger partial charge >= 0.3 is 0 Å². The highest BCUT2D eigenvalue weighted by atomic mass is 35.5. The second-order valence-corrected chi connectivity index (χ2v) is 11.6. The van der Waals surface area contributed by atoms with Crippen molar-refractivity contribution in [3.63, 3.8) is 0 Å². The van der Waals surface area contributed by atoms with Gasteiger partial charge in [-0.3, -0.25) is 0 Å². The van der Waals surface area contributed by atoms with Gasteiger partial charge in [0, 0.05) is 52.2 Å². The first-order valence-corrected chi connectivity index (χ1v) is 14.5. The first-order chi connectivity index (χ1) is 20.8. The smallest absolute Gasteiger partial charge is 0.210 e. The molecule has 0 aliphatic carbocycles. The molecule has 0 radical (unpaired) electrons. The third-order valence-corrected chi connectivity index (χ3v) is 7.57. The van der Waals surface area contributed by atoms with Crippen LogP contribution in [-0.4, -0.2) is 35.7 Å². The fraction of sp³-hybridized carbons (Fsp3) is 0.125. The average Bonchev–Trinajstić information content (AvgIpc) is 2.92. The van der Waals surface area contributed by atoms with Crippen molar-refractivity contribution in [1.82, 2.24) is 0 Å². The molecule has 0 spiro atoms. The number of hydrogen-bond acceptors (Lipinski definition) is 8. The predicted molar refractivity (Wildman–Crippen MR) is 170 cm³/mol. The zero-order valence-corrected chi connectivity index (χ0v) is 25.8. The number of benzene rings is 4. The van der Waals surface area contributed by atoms with Crippen LogP contribution < -0.4 is 4.74 Å². The van der Waals surface area contributed by atoms with E-state index in [9.17, 15) is 35.7 Å². The summed E-state index contributed by atoms with van der Waals surface area (Å²) in [5.41, 5.74) is 1.82. The van der Waals surface area contributed by atoms with Gasteiger partial charge in [0.2, 0.25) is 5.75 Å². The number of ether oxygens (including phenoxy) is 1. The van der Waals surface area contributed by atoms with E-state index in [1.807, 2.05) is 0 Å². The molecule has 0 aromatic heterocycles. The van der Waals surface area contributed by atoms with Gasteiger partial charge in [-0.05, 0) is 60.4 Å². The Morgan fingerprint density at radius 2 is 1.02 bits per heavy atom. The largest absolute Gasteiger partial charge is 0.508 e. The summed E-state index contributed by atoms with van der Waals surface area (Å²) in [5, 5.41) is 71.6. The van der Waals surface area contributed by atoms with E-state index >= 15 is 0 Å². The summed E-state index contributed by atoms with van der Waals surface area (Å²) in [6.07, 6.45) is 3.94. The van der Waals surface area contributed by atoms with Gasteiger partial charge < -0.3 is 40.5 Å². The van der Waals surface area contributed by atoms with Crippen LogP contribution in [0.15, 0.2) is 76.8 Å². The molecule has 0 amide bonds. The Balaban J connectivity index is 1.47. The van der Waals surface area contributed by atoms with Crippen LogP contribution in [0.2, 0.25) is 10.0 Å². The highest BCUT2D eigenvalue weighted by Gasteiger charge is 2.17. The summed E-state index contributed by atoms with van der Waals surface area (Å²) >= 11 is 24.7. The van der Waals surface area contributed by atoms with E-state index in [0.717, 1.165) is 0 Å². The van der Waals surface area contributed by atoms with E-state index < -0.39 is 11.5 Å². The monoisotopic (exact) mass is 678 g/mol. The predicted octanol–water partition coefficient (Wildman–Crippen LogP) is 8.54. The van der Waals surface area contributed by atoms with Gasteiger partial charge in [-0.2, -0.15) is 0 Å². The molecular formula is C32H26Cl4O8. The number of phenols is 7.